The monoisotopic (exact) mass is 640 g/mol. The quantitative estimate of drug-likeness (QED) is 0.221. The minimum atomic E-state index is -5.32. The van der Waals surface area contributed by atoms with Crippen molar-refractivity contribution in [2.75, 3.05) is 26.9 Å². The largest absolute Gasteiger partial charge is 0.466 e. The fraction of sp³-hybridized carbons (Fsp3) is 0.481. The number of amides is 1. The van der Waals surface area contributed by atoms with Crippen LogP contribution in [0.2, 0.25) is 5.02 Å². The molecule has 2 N–H and O–H groups in total. The number of ether oxygens (including phenoxy) is 4. The van der Waals surface area contributed by atoms with Crippen LogP contribution >= 0.6 is 11.6 Å². The Balaban J connectivity index is 2.74. The number of dihydropyridines is 1. The Labute approximate surface area is 248 Å². The van der Waals surface area contributed by atoms with Crippen LogP contribution in [0.5, 0.6) is 0 Å². The average molecular weight is 641 g/mol. The van der Waals surface area contributed by atoms with E-state index in [1.165, 1.54) is 13.8 Å². The summed E-state index contributed by atoms with van der Waals surface area (Å²) < 4.78 is 92.3. The number of methoxy groups -OCH3 is 1. The molecule has 1 amide bonds. The molecule has 1 aliphatic heterocycles. The molecule has 1 heterocycles. The van der Waals surface area contributed by atoms with Crippen LogP contribution in [0, 0.1) is 5.82 Å². The molecular weight excluding hydrogens is 611 g/mol. The topological polar surface area (TPSA) is 129 Å². The van der Waals surface area contributed by atoms with Crippen molar-refractivity contribution >= 4 is 35.6 Å². The van der Waals surface area contributed by atoms with Gasteiger partial charge in [-0.15, -0.1) is 0 Å². The van der Waals surface area contributed by atoms with Gasteiger partial charge in [-0.2, -0.15) is 13.2 Å². The number of halogens is 6. The standard InChI is InChI=1S/C27H30ClF5N2O8/c1-12(2)42-24(38)20-16(11-41-17(36)10-34-25(39)43-26(3,4)5)35-15(9-29)19(23(37)40-6)21(20)18-14(30)8-7-13(28)22(18)27(31,32)33/h7-8,12,21,35H,9-11H2,1-6H3,(H,34,39). The Kier molecular flexibility index (Phi) is 11.5. The summed E-state index contributed by atoms with van der Waals surface area (Å²) >= 11 is 5.83. The van der Waals surface area contributed by atoms with E-state index in [1.807, 2.05) is 0 Å². The van der Waals surface area contributed by atoms with Gasteiger partial charge in [0.25, 0.3) is 0 Å². The van der Waals surface area contributed by atoms with Crippen LogP contribution in [0.3, 0.4) is 0 Å². The van der Waals surface area contributed by atoms with E-state index in [1.54, 1.807) is 20.8 Å². The molecule has 0 aliphatic carbocycles. The van der Waals surface area contributed by atoms with Gasteiger partial charge in [-0.25, -0.2) is 23.2 Å². The van der Waals surface area contributed by atoms with Crippen LogP contribution in [0.25, 0.3) is 0 Å². The molecule has 0 radical (unpaired) electrons. The Bertz CT molecular complexity index is 1340. The highest BCUT2D eigenvalue weighted by molar-refractivity contribution is 6.31. The normalized spacial score (nSPS) is 15.6. The van der Waals surface area contributed by atoms with E-state index >= 15 is 4.39 Å². The van der Waals surface area contributed by atoms with Crippen molar-refractivity contribution in [2.24, 2.45) is 0 Å². The molecule has 0 bridgehead atoms. The average Bonchev–Trinajstić information content (AvgIpc) is 2.88. The molecular formula is C27H30ClF5N2O8. The molecule has 43 heavy (non-hydrogen) atoms. The van der Waals surface area contributed by atoms with Crippen LogP contribution in [0.4, 0.5) is 26.7 Å². The zero-order chi connectivity index (χ0) is 32.9. The molecule has 1 aromatic rings. The first-order valence-corrected chi connectivity index (χ1v) is 13.0. The minimum Gasteiger partial charge on any atom is -0.466 e. The number of carbonyl (C=O) groups is 4. The molecule has 10 nitrogen and oxygen atoms in total. The number of carbonyl (C=O) groups excluding carboxylic acids is 4. The number of esters is 3. The number of alkyl halides is 4. The molecule has 1 unspecified atom stereocenters. The van der Waals surface area contributed by atoms with Crippen molar-refractivity contribution in [3.05, 3.63) is 56.6 Å². The summed E-state index contributed by atoms with van der Waals surface area (Å²) in [6.45, 7) is 4.32. The SMILES string of the molecule is COC(=O)C1=C(CF)NC(COC(=O)CNC(=O)OC(C)(C)C)=C(C(=O)OC(C)C)C1c1c(F)ccc(Cl)c1C(F)(F)F. The third-order valence-electron chi connectivity index (χ3n) is 5.50. The van der Waals surface area contributed by atoms with Gasteiger partial charge in [0.1, 0.15) is 31.2 Å². The van der Waals surface area contributed by atoms with Crippen molar-refractivity contribution in [3.63, 3.8) is 0 Å². The Morgan fingerprint density at radius 3 is 2.16 bits per heavy atom. The van der Waals surface area contributed by atoms with Gasteiger partial charge in [0, 0.05) is 5.56 Å². The van der Waals surface area contributed by atoms with Gasteiger partial charge in [0.2, 0.25) is 0 Å². The van der Waals surface area contributed by atoms with E-state index in [9.17, 15) is 36.7 Å². The van der Waals surface area contributed by atoms with Gasteiger partial charge in [0.15, 0.2) is 0 Å². The van der Waals surface area contributed by atoms with Crippen LogP contribution in [-0.4, -0.2) is 62.6 Å². The number of hydrogen-bond donors (Lipinski definition) is 2. The van der Waals surface area contributed by atoms with E-state index in [0.29, 0.717) is 12.1 Å². The van der Waals surface area contributed by atoms with Crippen molar-refractivity contribution in [1.82, 2.24) is 10.6 Å². The Hall–Kier alpha value is -3.88. The van der Waals surface area contributed by atoms with Crippen molar-refractivity contribution < 1.29 is 60.1 Å². The minimum absolute atomic E-state index is 0.533. The summed E-state index contributed by atoms with van der Waals surface area (Å²) in [5, 5.41) is 3.52. The third-order valence-corrected chi connectivity index (χ3v) is 5.81. The molecule has 1 aromatic carbocycles. The van der Waals surface area contributed by atoms with Crippen molar-refractivity contribution in [1.29, 1.82) is 0 Å². The second kappa shape index (κ2) is 14.1. The molecule has 1 atom stereocenters. The zero-order valence-electron chi connectivity index (χ0n) is 24.0. The second-order valence-corrected chi connectivity index (χ2v) is 10.7. The summed E-state index contributed by atoms with van der Waals surface area (Å²) in [6.07, 6.45) is -7.16. The highest BCUT2D eigenvalue weighted by atomic mass is 35.5. The fourth-order valence-electron chi connectivity index (χ4n) is 3.99. The highest BCUT2D eigenvalue weighted by Crippen LogP contribution is 2.48. The lowest BCUT2D eigenvalue weighted by Gasteiger charge is -2.33. The molecule has 0 saturated carbocycles. The number of allylic oxidation sites excluding steroid dienone is 1. The molecule has 0 aromatic heterocycles. The van der Waals surface area contributed by atoms with Crippen LogP contribution < -0.4 is 10.6 Å². The van der Waals surface area contributed by atoms with E-state index in [0.717, 1.165) is 7.11 Å². The predicted molar refractivity (Wildman–Crippen MR) is 141 cm³/mol. The van der Waals surface area contributed by atoms with Crippen LogP contribution in [0.15, 0.2) is 34.7 Å². The molecule has 16 heteroatoms. The highest BCUT2D eigenvalue weighted by Gasteiger charge is 2.47. The predicted octanol–water partition coefficient (Wildman–Crippen LogP) is 4.85. The maximum atomic E-state index is 15.4. The molecule has 2 rings (SSSR count). The lowest BCUT2D eigenvalue weighted by Crippen LogP contribution is -2.39. The van der Waals surface area contributed by atoms with Gasteiger partial charge in [-0.05, 0) is 46.8 Å². The smallest absolute Gasteiger partial charge is 0.418 e. The summed E-state index contributed by atoms with van der Waals surface area (Å²) in [5.41, 5.74) is -6.85. The van der Waals surface area contributed by atoms with E-state index in [4.69, 9.17) is 25.8 Å². The molecule has 238 valence electrons. The summed E-state index contributed by atoms with van der Waals surface area (Å²) in [4.78, 5) is 50.4. The first-order chi connectivity index (χ1) is 19.8. The number of alkyl carbamates (subject to hydrolysis) is 1. The van der Waals surface area contributed by atoms with Gasteiger partial charge < -0.3 is 29.6 Å². The van der Waals surface area contributed by atoms with E-state index in [-0.39, 0.29) is 0 Å². The maximum Gasteiger partial charge on any atom is 0.418 e. The van der Waals surface area contributed by atoms with E-state index in [2.05, 4.69) is 15.4 Å². The van der Waals surface area contributed by atoms with Crippen molar-refractivity contribution in [3.8, 4) is 0 Å². The van der Waals surface area contributed by atoms with Crippen LogP contribution in [0.1, 0.15) is 51.7 Å². The second-order valence-electron chi connectivity index (χ2n) is 10.3. The molecule has 1 aliphatic rings. The number of rotatable bonds is 9. The fourth-order valence-corrected chi connectivity index (χ4v) is 4.26. The number of nitrogens with one attached hydrogen (secondary N) is 2. The first-order valence-electron chi connectivity index (χ1n) is 12.6. The van der Waals surface area contributed by atoms with Gasteiger partial charge >= 0.3 is 30.2 Å². The lowest BCUT2D eigenvalue weighted by atomic mass is 9.78. The van der Waals surface area contributed by atoms with Gasteiger partial charge in [-0.1, -0.05) is 11.6 Å². The summed E-state index contributed by atoms with van der Waals surface area (Å²) in [5.74, 6) is -7.68. The Morgan fingerprint density at radius 1 is 1.05 bits per heavy atom. The van der Waals surface area contributed by atoms with Gasteiger partial charge in [0.05, 0.1) is 52.3 Å². The first kappa shape index (κ1) is 35.3. The third kappa shape index (κ3) is 9.05. The van der Waals surface area contributed by atoms with Crippen LogP contribution in [-0.2, 0) is 39.5 Å². The zero-order valence-corrected chi connectivity index (χ0v) is 24.7. The number of benzene rings is 1. The summed E-state index contributed by atoms with van der Waals surface area (Å²) in [7, 11) is 0.839. The summed E-state index contributed by atoms with van der Waals surface area (Å²) in [6, 6.07) is 1.20. The van der Waals surface area contributed by atoms with E-state index < -0.39 is 112 Å². The number of hydrogen-bond acceptors (Lipinski definition) is 9. The molecule has 0 saturated heterocycles. The molecule has 0 spiro atoms. The maximum absolute atomic E-state index is 15.4. The van der Waals surface area contributed by atoms with Crippen molar-refractivity contribution in [2.45, 2.75) is 58.4 Å². The lowest BCUT2D eigenvalue weighted by molar-refractivity contribution is -0.145. The molecule has 0 fully saturated rings. The van der Waals surface area contributed by atoms with Gasteiger partial charge in [-0.3, -0.25) is 4.79 Å². The Morgan fingerprint density at radius 2 is 1.65 bits per heavy atom.